The molecule has 0 saturated carbocycles. The Morgan fingerprint density at radius 3 is 1.65 bits per heavy atom. The van der Waals surface area contributed by atoms with Crippen LogP contribution in [0.4, 0.5) is 49.6 Å². The number of hydrogen-bond acceptors (Lipinski definition) is 4. The maximum absolute atomic E-state index is 13.8. The lowest BCUT2D eigenvalue weighted by molar-refractivity contribution is -0.294. The second-order valence-corrected chi connectivity index (χ2v) is 6.32. The highest BCUT2D eigenvalue weighted by atomic mass is 19.4. The first kappa shape index (κ1) is 24.2. The van der Waals surface area contributed by atoms with E-state index in [9.17, 15) is 49.2 Å². The van der Waals surface area contributed by atoms with Crippen molar-refractivity contribution in [3.05, 3.63) is 52.6 Å². The van der Waals surface area contributed by atoms with E-state index in [1.165, 1.54) is 19.1 Å². The number of anilines is 1. The molecule has 168 valence electrons. The second kappa shape index (κ2) is 7.54. The van der Waals surface area contributed by atoms with E-state index in [4.69, 9.17) is 5.73 Å². The van der Waals surface area contributed by atoms with Gasteiger partial charge in [-0.1, -0.05) is 12.1 Å². The molecular formula is C17H10F10N4. The van der Waals surface area contributed by atoms with E-state index >= 15 is 0 Å². The van der Waals surface area contributed by atoms with Crippen molar-refractivity contribution in [3.63, 3.8) is 0 Å². The molecule has 0 amide bonds. The molecule has 0 bridgehead atoms. The zero-order valence-corrected chi connectivity index (χ0v) is 15.1. The molecule has 2 aromatic rings. The summed E-state index contributed by atoms with van der Waals surface area (Å²) in [5.41, 5.74) is 0.948. The Bertz CT molecular complexity index is 977. The standard InChI is InChI=1S/C17H10F10N4/c1-7-4-8(2-3-10(7)29)9(6-28)13-30-11(14(18,19)16(22,23)24)5-12(31-13)15(20,21)17(25,26)27/h2-5,9H,29H2,1H3. The van der Waals surface area contributed by atoms with Gasteiger partial charge in [-0.15, -0.1) is 0 Å². The molecule has 1 atom stereocenters. The molecule has 1 aromatic carbocycles. The molecule has 14 heteroatoms. The molecule has 0 aliphatic heterocycles. The molecule has 0 saturated heterocycles. The Labute approximate surface area is 167 Å². The number of nitrogens with two attached hydrogens (primary N) is 1. The maximum Gasteiger partial charge on any atom is 0.459 e. The Hall–Kier alpha value is -3.11. The predicted octanol–water partition coefficient (Wildman–Crippen LogP) is 5.33. The highest BCUT2D eigenvalue weighted by Crippen LogP contribution is 2.47. The van der Waals surface area contributed by atoms with Crippen LogP contribution in [0.15, 0.2) is 24.3 Å². The van der Waals surface area contributed by atoms with Crippen molar-refractivity contribution in [1.29, 1.82) is 5.26 Å². The summed E-state index contributed by atoms with van der Waals surface area (Å²) >= 11 is 0. The molecule has 0 aliphatic rings. The van der Waals surface area contributed by atoms with Crippen LogP contribution >= 0.6 is 0 Å². The third-order valence-electron chi connectivity index (χ3n) is 4.11. The molecule has 1 unspecified atom stereocenters. The fraction of sp³-hybridized carbons (Fsp3) is 0.353. The highest BCUT2D eigenvalue weighted by Gasteiger charge is 2.63. The molecular weight excluding hydrogens is 450 g/mol. The lowest BCUT2D eigenvalue weighted by Crippen LogP contribution is -2.38. The molecule has 0 aliphatic carbocycles. The van der Waals surface area contributed by atoms with Gasteiger partial charge in [0.05, 0.1) is 6.07 Å². The summed E-state index contributed by atoms with van der Waals surface area (Å²) in [7, 11) is 0. The smallest absolute Gasteiger partial charge is 0.399 e. The number of aryl methyl sites for hydroxylation is 1. The molecule has 31 heavy (non-hydrogen) atoms. The Morgan fingerprint density at radius 2 is 1.29 bits per heavy atom. The number of rotatable bonds is 4. The number of halogens is 10. The molecule has 1 heterocycles. The van der Waals surface area contributed by atoms with Gasteiger partial charge in [0.25, 0.3) is 0 Å². The maximum atomic E-state index is 13.8. The molecule has 1 aromatic heterocycles. The normalized spacial score (nSPS) is 14.3. The van der Waals surface area contributed by atoms with Crippen LogP contribution < -0.4 is 5.73 Å². The monoisotopic (exact) mass is 460 g/mol. The van der Waals surface area contributed by atoms with Gasteiger partial charge in [-0.25, -0.2) is 9.97 Å². The molecule has 0 radical (unpaired) electrons. The molecule has 0 fully saturated rings. The van der Waals surface area contributed by atoms with Crippen LogP contribution in [0.3, 0.4) is 0 Å². The summed E-state index contributed by atoms with van der Waals surface area (Å²) in [4.78, 5) is 5.66. The Balaban J connectivity index is 2.83. The van der Waals surface area contributed by atoms with Crippen molar-refractivity contribution in [2.75, 3.05) is 5.73 Å². The van der Waals surface area contributed by atoms with E-state index in [-0.39, 0.29) is 11.3 Å². The fourth-order valence-electron chi connectivity index (χ4n) is 2.37. The van der Waals surface area contributed by atoms with Crippen LogP contribution in [0.25, 0.3) is 0 Å². The summed E-state index contributed by atoms with van der Waals surface area (Å²) in [5.74, 6) is -15.2. The van der Waals surface area contributed by atoms with E-state index in [0.717, 1.165) is 12.1 Å². The third-order valence-corrected chi connectivity index (χ3v) is 4.11. The van der Waals surface area contributed by atoms with Gasteiger partial charge in [0.2, 0.25) is 0 Å². The zero-order chi connectivity index (χ0) is 24.0. The molecule has 2 rings (SSSR count). The molecule has 4 nitrogen and oxygen atoms in total. The molecule has 0 spiro atoms. The van der Waals surface area contributed by atoms with Gasteiger partial charge in [0.15, 0.2) is 5.82 Å². The quantitative estimate of drug-likeness (QED) is 0.495. The number of nitriles is 1. The van der Waals surface area contributed by atoms with Crippen LogP contribution in [-0.2, 0) is 11.8 Å². The first-order chi connectivity index (χ1) is 13.9. The number of alkyl halides is 10. The van der Waals surface area contributed by atoms with Gasteiger partial charge < -0.3 is 5.73 Å². The van der Waals surface area contributed by atoms with Crippen molar-refractivity contribution in [1.82, 2.24) is 9.97 Å². The Morgan fingerprint density at radius 1 is 0.839 bits per heavy atom. The average molecular weight is 460 g/mol. The Kier molecular flexibility index (Phi) is 5.88. The SMILES string of the molecule is Cc1cc(C(C#N)c2nc(C(F)(F)C(F)(F)F)cc(C(F)(F)C(F)(F)F)n2)ccc1N. The van der Waals surface area contributed by atoms with Crippen molar-refractivity contribution >= 4 is 5.69 Å². The van der Waals surface area contributed by atoms with E-state index < -0.39 is 53.4 Å². The summed E-state index contributed by atoms with van der Waals surface area (Å²) < 4.78 is 131. The van der Waals surface area contributed by atoms with Crippen LogP contribution in [0.2, 0.25) is 0 Å². The van der Waals surface area contributed by atoms with Crippen molar-refractivity contribution in [2.24, 2.45) is 0 Å². The lowest BCUT2D eigenvalue weighted by Gasteiger charge is -2.24. The van der Waals surface area contributed by atoms with Crippen LogP contribution in [0, 0.1) is 18.3 Å². The van der Waals surface area contributed by atoms with Crippen LogP contribution in [-0.4, -0.2) is 22.3 Å². The summed E-state index contributed by atoms with van der Waals surface area (Å²) in [5, 5.41) is 9.32. The lowest BCUT2D eigenvalue weighted by atomic mass is 9.96. The van der Waals surface area contributed by atoms with E-state index in [1.54, 1.807) is 0 Å². The highest BCUT2D eigenvalue weighted by molar-refractivity contribution is 5.50. The van der Waals surface area contributed by atoms with E-state index in [0.29, 0.717) is 5.56 Å². The van der Waals surface area contributed by atoms with E-state index in [2.05, 4.69) is 9.97 Å². The minimum atomic E-state index is -6.37. The van der Waals surface area contributed by atoms with Gasteiger partial charge in [0, 0.05) is 5.69 Å². The molecule has 2 N–H and O–H groups in total. The van der Waals surface area contributed by atoms with Crippen molar-refractivity contribution in [2.45, 2.75) is 37.0 Å². The van der Waals surface area contributed by atoms with E-state index in [1.807, 2.05) is 0 Å². The number of hydrogen-bond donors (Lipinski definition) is 1. The van der Waals surface area contributed by atoms with Gasteiger partial charge >= 0.3 is 24.2 Å². The minimum absolute atomic E-state index is 0.178. The van der Waals surface area contributed by atoms with Crippen LogP contribution in [0.1, 0.15) is 34.3 Å². The summed E-state index contributed by atoms with van der Waals surface area (Å²) in [6.45, 7) is 1.42. The number of nitrogens with zero attached hydrogens (tertiary/aromatic N) is 3. The third kappa shape index (κ3) is 4.35. The van der Waals surface area contributed by atoms with Crippen molar-refractivity contribution in [3.8, 4) is 6.07 Å². The average Bonchev–Trinajstić information content (AvgIpc) is 2.63. The van der Waals surface area contributed by atoms with Crippen molar-refractivity contribution < 1.29 is 43.9 Å². The first-order valence-corrected chi connectivity index (χ1v) is 7.98. The number of benzene rings is 1. The van der Waals surface area contributed by atoms with Gasteiger partial charge in [-0.05, 0) is 30.2 Å². The largest absolute Gasteiger partial charge is 0.459 e. The van der Waals surface area contributed by atoms with Gasteiger partial charge in [-0.3, -0.25) is 0 Å². The topological polar surface area (TPSA) is 75.6 Å². The zero-order valence-electron chi connectivity index (χ0n) is 15.1. The summed E-state index contributed by atoms with van der Waals surface area (Å²) in [6.07, 6.45) is -12.7. The second-order valence-electron chi connectivity index (χ2n) is 6.32. The fourth-order valence-corrected chi connectivity index (χ4v) is 2.37. The number of aromatic nitrogens is 2. The number of nitrogen functional groups attached to an aromatic ring is 1. The summed E-state index contributed by atoms with van der Waals surface area (Å²) in [6, 6.07) is 4.06. The predicted molar refractivity (Wildman–Crippen MR) is 85.0 cm³/mol. The van der Waals surface area contributed by atoms with Crippen LogP contribution in [0.5, 0.6) is 0 Å². The minimum Gasteiger partial charge on any atom is -0.399 e. The first-order valence-electron chi connectivity index (χ1n) is 7.98. The van der Waals surface area contributed by atoms with Gasteiger partial charge in [-0.2, -0.15) is 49.2 Å². The van der Waals surface area contributed by atoms with Gasteiger partial charge in [0.1, 0.15) is 17.3 Å².